The average Bonchev–Trinajstić information content (AvgIpc) is 3.17. The fourth-order valence-corrected chi connectivity index (χ4v) is 5.37. The molecule has 0 aliphatic carbocycles. The molecule has 0 bridgehead atoms. The monoisotopic (exact) mass is 535 g/mol. The molecule has 6 nitrogen and oxygen atoms in total. The van der Waals surface area contributed by atoms with Crippen molar-refractivity contribution in [2.75, 3.05) is 31.1 Å². The lowest BCUT2D eigenvalue weighted by molar-refractivity contribution is -0.123. The van der Waals surface area contributed by atoms with E-state index in [0.717, 1.165) is 22.3 Å². The highest BCUT2D eigenvalue weighted by Crippen LogP contribution is 2.33. The largest absolute Gasteiger partial charge is 0.368 e. The number of amides is 3. The van der Waals surface area contributed by atoms with E-state index in [1.165, 1.54) is 12.1 Å². The summed E-state index contributed by atoms with van der Waals surface area (Å²) >= 11 is 6.97. The highest BCUT2D eigenvalue weighted by atomic mass is 35.5. The zero-order valence-electron chi connectivity index (χ0n) is 19.8. The molecule has 2 fully saturated rings. The van der Waals surface area contributed by atoms with Crippen LogP contribution < -0.4 is 4.90 Å². The molecule has 0 aromatic heterocycles. The lowest BCUT2D eigenvalue weighted by Crippen LogP contribution is -2.48. The van der Waals surface area contributed by atoms with Gasteiger partial charge in [0.25, 0.3) is 17.1 Å². The van der Waals surface area contributed by atoms with Crippen molar-refractivity contribution in [1.82, 2.24) is 9.80 Å². The predicted molar refractivity (Wildman–Crippen MR) is 144 cm³/mol. The number of carbonyl (C=O) groups is 3. The van der Waals surface area contributed by atoms with Gasteiger partial charge in [0.1, 0.15) is 5.82 Å². The van der Waals surface area contributed by atoms with Crippen molar-refractivity contribution in [2.45, 2.75) is 6.54 Å². The number of imide groups is 1. The van der Waals surface area contributed by atoms with Crippen LogP contribution in [0.1, 0.15) is 21.5 Å². The zero-order valence-corrected chi connectivity index (χ0v) is 21.3. The Morgan fingerprint density at radius 2 is 1.68 bits per heavy atom. The highest BCUT2D eigenvalue weighted by Gasteiger charge is 2.35. The Morgan fingerprint density at radius 3 is 2.41 bits per heavy atom. The van der Waals surface area contributed by atoms with E-state index < -0.39 is 5.91 Å². The van der Waals surface area contributed by atoms with Gasteiger partial charge in [-0.25, -0.2) is 4.39 Å². The van der Waals surface area contributed by atoms with Crippen LogP contribution in [0.15, 0.2) is 77.7 Å². The number of piperazine rings is 1. The first-order valence-electron chi connectivity index (χ1n) is 11.8. The molecule has 0 N–H and O–H groups in total. The molecular weight excluding hydrogens is 513 g/mol. The van der Waals surface area contributed by atoms with Crippen LogP contribution in [0.2, 0.25) is 5.02 Å². The molecule has 0 saturated carbocycles. The van der Waals surface area contributed by atoms with Crippen LogP contribution in [-0.4, -0.2) is 53.0 Å². The summed E-state index contributed by atoms with van der Waals surface area (Å²) < 4.78 is 13.2. The van der Waals surface area contributed by atoms with Gasteiger partial charge in [-0.3, -0.25) is 19.3 Å². The van der Waals surface area contributed by atoms with Gasteiger partial charge < -0.3 is 9.80 Å². The van der Waals surface area contributed by atoms with Crippen molar-refractivity contribution in [3.8, 4) is 0 Å². The van der Waals surface area contributed by atoms with E-state index in [1.54, 1.807) is 42.5 Å². The molecule has 2 aliphatic heterocycles. The van der Waals surface area contributed by atoms with Gasteiger partial charge in [-0.2, -0.15) is 0 Å². The van der Waals surface area contributed by atoms with Crippen molar-refractivity contribution in [3.05, 3.63) is 105 Å². The molecular formula is C28H23ClFN3O3S. The Labute approximate surface area is 223 Å². The number of halogens is 2. The predicted octanol–water partition coefficient (Wildman–Crippen LogP) is 5.68. The van der Waals surface area contributed by atoms with Crippen LogP contribution >= 0.6 is 23.4 Å². The lowest BCUT2D eigenvalue weighted by Gasteiger charge is -2.36. The van der Waals surface area contributed by atoms with Gasteiger partial charge in [0.2, 0.25) is 0 Å². The third-order valence-electron chi connectivity index (χ3n) is 6.30. The topological polar surface area (TPSA) is 60.9 Å². The number of thioether (sulfide) groups is 1. The summed E-state index contributed by atoms with van der Waals surface area (Å²) in [6, 6.07) is 20.4. The summed E-state index contributed by atoms with van der Waals surface area (Å²) in [4.78, 5) is 44.0. The Bertz CT molecular complexity index is 1390. The summed E-state index contributed by atoms with van der Waals surface area (Å²) in [5, 5.41) is 0.298. The molecule has 5 rings (SSSR count). The average molecular weight is 536 g/mol. The van der Waals surface area contributed by atoms with Crippen molar-refractivity contribution < 1.29 is 18.8 Å². The molecule has 3 amide bonds. The van der Waals surface area contributed by atoms with Gasteiger partial charge in [-0.15, -0.1) is 0 Å². The molecule has 188 valence electrons. The van der Waals surface area contributed by atoms with Gasteiger partial charge >= 0.3 is 0 Å². The second kappa shape index (κ2) is 10.8. The third kappa shape index (κ3) is 5.70. The number of benzene rings is 3. The van der Waals surface area contributed by atoms with Crippen LogP contribution in [0.3, 0.4) is 0 Å². The molecule has 0 radical (unpaired) electrons. The highest BCUT2D eigenvalue weighted by molar-refractivity contribution is 8.18. The molecule has 9 heteroatoms. The van der Waals surface area contributed by atoms with Crippen LogP contribution in [-0.2, 0) is 11.3 Å². The maximum absolute atomic E-state index is 13.2. The summed E-state index contributed by atoms with van der Waals surface area (Å²) in [7, 11) is 0. The van der Waals surface area contributed by atoms with Gasteiger partial charge in [-0.05, 0) is 71.4 Å². The first kappa shape index (κ1) is 25.0. The van der Waals surface area contributed by atoms with Gasteiger partial charge in [0, 0.05) is 42.5 Å². The Hall–Kier alpha value is -3.62. The van der Waals surface area contributed by atoms with Crippen molar-refractivity contribution >= 4 is 52.2 Å². The minimum atomic E-state index is -0.409. The van der Waals surface area contributed by atoms with E-state index in [4.69, 9.17) is 11.6 Å². The first-order chi connectivity index (χ1) is 17.9. The number of carbonyl (C=O) groups excluding carboxylic acids is 3. The normalized spacial score (nSPS) is 17.1. The summed E-state index contributed by atoms with van der Waals surface area (Å²) in [6.07, 6.45) is 1.63. The van der Waals surface area contributed by atoms with E-state index >= 15 is 0 Å². The van der Waals surface area contributed by atoms with E-state index in [2.05, 4.69) is 4.90 Å². The minimum absolute atomic E-state index is 0.0714. The Kier molecular flexibility index (Phi) is 7.30. The molecule has 37 heavy (non-hydrogen) atoms. The van der Waals surface area contributed by atoms with Crippen LogP contribution in [0, 0.1) is 5.82 Å². The minimum Gasteiger partial charge on any atom is -0.368 e. The second-order valence-corrected chi connectivity index (χ2v) is 10.2. The van der Waals surface area contributed by atoms with Crippen molar-refractivity contribution in [1.29, 1.82) is 0 Å². The number of hydrogen-bond donors (Lipinski definition) is 0. The quantitative estimate of drug-likeness (QED) is 0.393. The van der Waals surface area contributed by atoms with Crippen molar-refractivity contribution in [3.63, 3.8) is 0 Å². The third-order valence-corrected chi connectivity index (χ3v) is 7.44. The SMILES string of the molecule is O=C(c1cccc(/C=C2\SC(=O)N(Cc3ccc(F)cc3)C2=O)c1)N1CCN(c2cccc(Cl)c2)CC1. The van der Waals surface area contributed by atoms with E-state index in [9.17, 15) is 18.8 Å². The zero-order chi connectivity index (χ0) is 25.9. The maximum atomic E-state index is 13.2. The Balaban J connectivity index is 1.25. The van der Waals surface area contributed by atoms with Crippen LogP contribution in [0.5, 0.6) is 0 Å². The molecule has 2 aliphatic rings. The van der Waals surface area contributed by atoms with Gasteiger partial charge in [0.05, 0.1) is 11.4 Å². The lowest BCUT2D eigenvalue weighted by atomic mass is 10.1. The number of rotatable bonds is 5. The fourth-order valence-electron chi connectivity index (χ4n) is 4.34. The standard InChI is InChI=1S/C28H23ClFN3O3S/c29-22-5-2-6-24(17-22)31-11-13-32(14-12-31)26(34)21-4-1-3-20(15-21)16-25-27(35)33(28(36)37-25)18-19-7-9-23(30)10-8-19/h1-10,15-17H,11-14,18H2/b25-16-. The molecule has 0 atom stereocenters. The van der Waals surface area contributed by atoms with E-state index in [-0.39, 0.29) is 28.4 Å². The Morgan fingerprint density at radius 1 is 0.946 bits per heavy atom. The number of hydrogen-bond acceptors (Lipinski definition) is 5. The van der Waals surface area contributed by atoms with E-state index in [1.807, 2.05) is 29.2 Å². The summed E-state index contributed by atoms with van der Waals surface area (Å²) in [5.74, 6) is -0.867. The maximum Gasteiger partial charge on any atom is 0.293 e. The molecule has 2 saturated heterocycles. The number of anilines is 1. The smallest absolute Gasteiger partial charge is 0.293 e. The van der Waals surface area contributed by atoms with Crippen LogP contribution in [0.25, 0.3) is 6.08 Å². The molecule has 3 aromatic carbocycles. The molecule has 3 aromatic rings. The first-order valence-corrected chi connectivity index (χ1v) is 13.0. The molecule has 0 spiro atoms. The van der Waals surface area contributed by atoms with Crippen LogP contribution in [0.4, 0.5) is 14.9 Å². The van der Waals surface area contributed by atoms with Crippen molar-refractivity contribution in [2.24, 2.45) is 0 Å². The summed E-state index contributed by atoms with van der Waals surface area (Å²) in [5.41, 5.74) is 2.88. The number of nitrogens with zero attached hydrogens (tertiary/aromatic N) is 3. The van der Waals surface area contributed by atoms with E-state index in [0.29, 0.717) is 47.9 Å². The van der Waals surface area contributed by atoms with Gasteiger partial charge in [-0.1, -0.05) is 41.9 Å². The summed E-state index contributed by atoms with van der Waals surface area (Å²) in [6.45, 7) is 2.64. The molecule has 0 unspecified atom stereocenters. The second-order valence-electron chi connectivity index (χ2n) is 8.78. The van der Waals surface area contributed by atoms with Gasteiger partial charge in [0.15, 0.2) is 0 Å². The fraction of sp³-hybridized carbons (Fsp3) is 0.179. The molecule has 2 heterocycles.